The Labute approximate surface area is 90.4 Å². The lowest BCUT2D eigenvalue weighted by molar-refractivity contribution is 0.0209. The molecule has 0 aromatic carbocycles. The van der Waals surface area contributed by atoms with Crippen LogP contribution in [0.15, 0.2) is 12.2 Å². The molecule has 2 aliphatic rings. The summed E-state index contributed by atoms with van der Waals surface area (Å²) in [6.07, 6.45) is 6.38. The maximum absolute atomic E-state index is 11.1. The van der Waals surface area contributed by atoms with Gasteiger partial charge in [0.1, 0.15) is 6.61 Å². The lowest BCUT2D eigenvalue weighted by Gasteiger charge is -2.30. The topological polar surface area (TPSA) is 35.5 Å². The Morgan fingerprint density at radius 2 is 2.27 bits per heavy atom. The van der Waals surface area contributed by atoms with Crippen LogP contribution in [0.4, 0.5) is 4.79 Å². The molecule has 0 N–H and O–H groups in total. The van der Waals surface area contributed by atoms with E-state index in [0.29, 0.717) is 25.0 Å². The van der Waals surface area contributed by atoms with Crippen molar-refractivity contribution in [3.63, 3.8) is 0 Å². The van der Waals surface area contributed by atoms with Gasteiger partial charge in [0.15, 0.2) is 0 Å². The molecule has 3 nitrogen and oxygen atoms in total. The van der Waals surface area contributed by atoms with E-state index in [1.165, 1.54) is 6.42 Å². The van der Waals surface area contributed by atoms with Crippen molar-refractivity contribution in [3.05, 3.63) is 12.2 Å². The van der Waals surface area contributed by atoms with Gasteiger partial charge < -0.3 is 9.47 Å². The van der Waals surface area contributed by atoms with Crippen molar-refractivity contribution in [3.8, 4) is 0 Å². The molecule has 1 saturated carbocycles. The van der Waals surface area contributed by atoms with Gasteiger partial charge in [-0.05, 0) is 31.6 Å². The molecule has 0 heterocycles. The molecule has 3 atom stereocenters. The summed E-state index contributed by atoms with van der Waals surface area (Å²) >= 11 is 0. The highest BCUT2D eigenvalue weighted by molar-refractivity contribution is 5.59. The van der Waals surface area contributed by atoms with Crippen molar-refractivity contribution in [1.29, 1.82) is 0 Å². The predicted octanol–water partition coefficient (Wildman–Crippen LogP) is 2.76. The molecule has 1 fully saturated rings. The van der Waals surface area contributed by atoms with Crippen LogP contribution < -0.4 is 0 Å². The van der Waals surface area contributed by atoms with Gasteiger partial charge in [-0.15, -0.1) is 0 Å². The third-order valence-corrected chi connectivity index (χ3v) is 3.58. The van der Waals surface area contributed by atoms with Crippen LogP contribution in [0.25, 0.3) is 0 Å². The molecule has 15 heavy (non-hydrogen) atoms. The molecular formula is C12H18O3. The smallest absolute Gasteiger partial charge is 0.435 e. The van der Waals surface area contributed by atoms with Gasteiger partial charge in [-0.1, -0.05) is 19.1 Å². The van der Waals surface area contributed by atoms with Gasteiger partial charge in [0.2, 0.25) is 0 Å². The Morgan fingerprint density at radius 1 is 1.47 bits per heavy atom. The Hall–Kier alpha value is -0.990. The van der Waals surface area contributed by atoms with E-state index >= 15 is 0 Å². The molecule has 2 aliphatic carbocycles. The van der Waals surface area contributed by atoms with Crippen LogP contribution in [0.1, 0.15) is 26.7 Å². The van der Waals surface area contributed by atoms with Crippen LogP contribution in [-0.2, 0) is 9.47 Å². The number of carbonyl (C=O) groups is 1. The summed E-state index contributed by atoms with van der Waals surface area (Å²) in [6.45, 7) is 4.84. The fourth-order valence-corrected chi connectivity index (χ4v) is 2.74. The van der Waals surface area contributed by atoms with E-state index in [9.17, 15) is 4.79 Å². The highest BCUT2D eigenvalue weighted by Crippen LogP contribution is 2.51. The second kappa shape index (κ2) is 3.87. The monoisotopic (exact) mass is 210 g/mol. The van der Waals surface area contributed by atoms with Gasteiger partial charge in [-0.25, -0.2) is 4.79 Å². The Kier molecular flexibility index (Phi) is 2.72. The van der Waals surface area contributed by atoms with Crippen LogP contribution >= 0.6 is 0 Å². The third-order valence-electron chi connectivity index (χ3n) is 3.58. The molecular weight excluding hydrogens is 192 g/mol. The summed E-state index contributed by atoms with van der Waals surface area (Å²) in [4.78, 5) is 11.1. The first-order valence-electron chi connectivity index (χ1n) is 5.62. The van der Waals surface area contributed by atoms with Crippen LogP contribution in [-0.4, -0.2) is 19.4 Å². The molecule has 0 aliphatic heterocycles. The van der Waals surface area contributed by atoms with Crippen molar-refractivity contribution >= 4 is 6.16 Å². The number of rotatable bonds is 3. The largest absolute Gasteiger partial charge is 0.508 e. The van der Waals surface area contributed by atoms with E-state index in [1.807, 2.05) is 0 Å². The first-order chi connectivity index (χ1) is 7.14. The van der Waals surface area contributed by atoms with Crippen LogP contribution in [0, 0.1) is 17.3 Å². The molecule has 0 aromatic rings. The quantitative estimate of drug-likeness (QED) is 0.530. The first-order valence-corrected chi connectivity index (χ1v) is 5.62. The van der Waals surface area contributed by atoms with E-state index < -0.39 is 6.16 Å². The number of hydrogen-bond acceptors (Lipinski definition) is 3. The Balaban J connectivity index is 1.84. The normalized spacial score (nSPS) is 36.9. The lowest BCUT2D eigenvalue weighted by Crippen LogP contribution is -2.29. The van der Waals surface area contributed by atoms with Gasteiger partial charge in [-0.3, -0.25) is 0 Å². The van der Waals surface area contributed by atoms with Gasteiger partial charge >= 0.3 is 6.16 Å². The summed E-state index contributed by atoms with van der Waals surface area (Å²) in [6, 6.07) is 0. The van der Waals surface area contributed by atoms with Gasteiger partial charge in [-0.2, -0.15) is 0 Å². The zero-order valence-electron chi connectivity index (χ0n) is 9.36. The molecule has 0 spiro atoms. The number of hydrogen-bond donors (Lipinski definition) is 0. The molecule has 2 bridgehead atoms. The van der Waals surface area contributed by atoms with Gasteiger partial charge in [0.25, 0.3) is 0 Å². The van der Waals surface area contributed by atoms with Crippen molar-refractivity contribution in [2.45, 2.75) is 26.7 Å². The highest BCUT2D eigenvalue weighted by Gasteiger charge is 2.45. The summed E-state index contributed by atoms with van der Waals surface area (Å²) < 4.78 is 9.87. The van der Waals surface area contributed by atoms with E-state index in [-0.39, 0.29) is 5.41 Å². The minimum absolute atomic E-state index is 0.131. The molecule has 0 amide bonds. The second-order valence-electron chi connectivity index (χ2n) is 4.82. The average Bonchev–Trinajstić information content (AvgIpc) is 2.75. The van der Waals surface area contributed by atoms with E-state index in [2.05, 4.69) is 19.1 Å². The van der Waals surface area contributed by atoms with E-state index in [4.69, 9.17) is 9.47 Å². The average molecular weight is 210 g/mol. The SMILES string of the molecule is CCOC(=O)OCC1(C)CC2C=CC1C2. The summed E-state index contributed by atoms with van der Waals surface area (Å²) in [7, 11) is 0. The van der Waals surface area contributed by atoms with Crippen molar-refractivity contribution in [1.82, 2.24) is 0 Å². The van der Waals surface area contributed by atoms with E-state index in [1.54, 1.807) is 6.92 Å². The maximum atomic E-state index is 11.1. The zero-order chi connectivity index (χ0) is 10.9. The lowest BCUT2D eigenvalue weighted by atomic mass is 9.78. The molecule has 3 heteroatoms. The number of fused-ring (bicyclic) bond motifs is 2. The minimum Gasteiger partial charge on any atom is -0.435 e. The molecule has 0 saturated heterocycles. The van der Waals surface area contributed by atoms with Gasteiger partial charge in [0.05, 0.1) is 6.61 Å². The molecule has 0 radical (unpaired) electrons. The fourth-order valence-electron chi connectivity index (χ4n) is 2.74. The molecule has 2 rings (SSSR count). The minimum atomic E-state index is -0.537. The van der Waals surface area contributed by atoms with Crippen molar-refractivity contribution < 1.29 is 14.3 Å². The highest BCUT2D eigenvalue weighted by atomic mass is 16.7. The number of allylic oxidation sites excluding steroid dienone is 2. The molecule has 3 unspecified atom stereocenters. The Bertz CT molecular complexity index is 285. The van der Waals surface area contributed by atoms with Crippen molar-refractivity contribution in [2.24, 2.45) is 17.3 Å². The van der Waals surface area contributed by atoms with Crippen molar-refractivity contribution in [2.75, 3.05) is 13.2 Å². The molecule has 84 valence electrons. The van der Waals surface area contributed by atoms with Crippen LogP contribution in [0.3, 0.4) is 0 Å². The fraction of sp³-hybridized carbons (Fsp3) is 0.750. The number of carbonyl (C=O) groups excluding carboxylic acids is 1. The summed E-state index contributed by atoms with van der Waals surface area (Å²) in [5, 5.41) is 0. The second-order valence-corrected chi connectivity index (χ2v) is 4.82. The van der Waals surface area contributed by atoms with Crippen LogP contribution in [0.2, 0.25) is 0 Å². The Morgan fingerprint density at radius 3 is 2.80 bits per heavy atom. The van der Waals surface area contributed by atoms with E-state index in [0.717, 1.165) is 6.42 Å². The molecule has 0 aromatic heterocycles. The summed E-state index contributed by atoms with van der Waals surface area (Å²) in [5.74, 6) is 1.28. The number of ether oxygens (including phenoxy) is 2. The third kappa shape index (κ3) is 2.01. The maximum Gasteiger partial charge on any atom is 0.508 e. The van der Waals surface area contributed by atoms with Crippen LogP contribution in [0.5, 0.6) is 0 Å². The standard InChI is InChI=1S/C12H18O3/c1-3-14-11(13)15-8-12(2)7-9-4-5-10(12)6-9/h4-5,9-10H,3,6-8H2,1-2H3. The predicted molar refractivity (Wildman–Crippen MR) is 56.4 cm³/mol. The first kappa shape index (κ1) is 10.5. The zero-order valence-corrected chi connectivity index (χ0v) is 9.36. The summed E-state index contributed by atoms with van der Waals surface area (Å²) in [5.41, 5.74) is 0.131. The van der Waals surface area contributed by atoms with Gasteiger partial charge in [0, 0.05) is 5.41 Å².